The highest BCUT2D eigenvalue weighted by Crippen LogP contribution is 2.23. The van der Waals surface area contributed by atoms with Gasteiger partial charge in [0.15, 0.2) is 0 Å². The fourth-order valence-corrected chi connectivity index (χ4v) is 1.85. The van der Waals surface area contributed by atoms with Crippen LogP contribution in [0.15, 0.2) is 42.5 Å². The van der Waals surface area contributed by atoms with Crippen molar-refractivity contribution in [1.29, 1.82) is 0 Å². The van der Waals surface area contributed by atoms with Crippen molar-refractivity contribution in [2.24, 2.45) is 0 Å². The second-order valence-corrected chi connectivity index (χ2v) is 4.49. The molecule has 0 aliphatic rings. The Morgan fingerprint density at radius 2 is 1.63 bits per heavy atom. The molecular weight excluding hydrogens is 238 g/mol. The molecule has 2 rings (SSSR count). The van der Waals surface area contributed by atoms with Gasteiger partial charge in [-0.25, -0.2) is 0 Å². The van der Waals surface area contributed by atoms with E-state index in [4.69, 9.17) is 15.6 Å². The molecule has 2 aromatic rings. The minimum Gasteiger partial charge on any atom is -0.487 e. The maximum atomic E-state index is 8.97. The Bertz CT molecular complexity index is 535. The zero-order valence-corrected chi connectivity index (χ0v) is 11.1. The largest absolute Gasteiger partial charge is 0.487 e. The van der Waals surface area contributed by atoms with Crippen LogP contribution < -0.4 is 10.5 Å². The minimum atomic E-state index is 0.0621. The molecule has 0 atom stereocenters. The number of aliphatic hydroxyl groups is 1. The van der Waals surface area contributed by atoms with Gasteiger partial charge < -0.3 is 15.6 Å². The fraction of sp³-hybridized carbons (Fsp3) is 0.250. The monoisotopic (exact) mass is 257 g/mol. The van der Waals surface area contributed by atoms with E-state index in [0.29, 0.717) is 18.0 Å². The average molecular weight is 257 g/mol. The summed E-state index contributed by atoms with van der Waals surface area (Å²) in [5, 5.41) is 8.97. The molecule has 100 valence electrons. The molecule has 3 N–H and O–H groups in total. The van der Waals surface area contributed by atoms with Crippen molar-refractivity contribution in [3.8, 4) is 5.75 Å². The first-order valence-corrected chi connectivity index (χ1v) is 6.42. The number of hydrogen-bond donors (Lipinski definition) is 2. The number of ether oxygens (including phenoxy) is 1. The predicted molar refractivity (Wildman–Crippen MR) is 76.9 cm³/mol. The molecule has 0 aliphatic carbocycles. The zero-order chi connectivity index (χ0) is 13.7. The van der Waals surface area contributed by atoms with Crippen molar-refractivity contribution >= 4 is 5.69 Å². The molecule has 0 radical (unpaired) electrons. The standard InChI is InChI=1S/C16H19NO2/c1-2-12-7-8-16(15(17)9-12)19-11-14-5-3-13(10-18)4-6-14/h3-9,18H,2,10-11,17H2,1H3. The molecule has 0 saturated heterocycles. The van der Waals surface area contributed by atoms with Crippen LogP contribution in [0.5, 0.6) is 5.75 Å². The molecule has 0 unspecified atom stereocenters. The van der Waals surface area contributed by atoms with Crippen molar-refractivity contribution in [2.75, 3.05) is 5.73 Å². The molecule has 0 saturated carbocycles. The molecule has 3 heteroatoms. The normalized spacial score (nSPS) is 10.4. The van der Waals surface area contributed by atoms with Gasteiger partial charge in [0.25, 0.3) is 0 Å². The molecule has 0 heterocycles. The molecule has 3 nitrogen and oxygen atoms in total. The SMILES string of the molecule is CCc1ccc(OCc2ccc(CO)cc2)c(N)c1. The van der Waals surface area contributed by atoms with E-state index in [-0.39, 0.29) is 6.61 Å². The summed E-state index contributed by atoms with van der Waals surface area (Å²) in [4.78, 5) is 0. The predicted octanol–water partition coefficient (Wildman–Crippen LogP) is 2.90. The van der Waals surface area contributed by atoms with Crippen LogP contribution in [-0.2, 0) is 19.6 Å². The fourth-order valence-electron chi connectivity index (χ4n) is 1.85. The maximum Gasteiger partial charge on any atom is 0.142 e. The van der Waals surface area contributed by atoms with Gasteiger partial charge in [-0.2, -0.15) is 0 Å². The van der Waals surface area contributed by atoms with Crippen LogP contribution in [0.3, 0.4) is 0 Å². The number of anilines is 1. The van der Waals surface area contributed by atoms with Gasteiger partial charge in [0.1, 0.15) is 12.4 Å². The smallest absolute Gasteiger partial charge is 0.142 e. The Balaban J connectivity index is 2.01. The maximum absolute atomic E-state index is 8.97. The van der Waals surface area contributed by atoms with Crippen LogP contribution in [0.1, 0.15) is 23.6 Å². The van der Waals surface area contributed by atoms with Crippen LogP contribution in [0.4, 0.5) is 5.69 Å². The second-order valence-electron chi connectivity index (χ2n) is 4.49. The van der Waals surface area contributed by atoms with E-state index < -0.39 is 0 Å². The van der Waals surface area contributed by atoms with Crippen molar-refractivity contribution in [1.82, 2.24) is 0 Å². The third-order valence-electron chi connectivity index (χ3n) is 3.08. The number of nitrogens with two attached hydrogens (primary N) is 1. The lowest BCUT2D eigenvalue weighted by Crippen LogP contribution is -1.99. The summed E-state index contributed by atoms with van der Waals surface area (Å²) >= 11 is 0. The quantitative estimate of drug-likeness (QED) is 0.810. The van der Waals surface area contributed by atoms with E-state index in [1.165, 1.54) is 5.56 Å². The first-order chi connectivity index (χ1) is 9.22. The van der Waals surface area contributed by atoms with Crippen molar-refractivity contribution in [3.63, 3.8) is 0 Å². The highest BCUT2D eigenvalue weighted by Gasteiger charge is 2.02. The number of rotatable bonds is 5. The highest BCUT2D eigenvalue weighted by molar-refractivity contribution is 5.54. The summed E-state index contributed by atoms with van der Waals surface area (Å²) in [6, 6.07) is 13.6. The molecular formula is C16H19NO2. The number of nitrogen functional groups attached to an aromatic ring is 1. The Morgan fingerprint density at radius 1 is 1.00 bits per heavy atom. The van der Waals surface area contributed by atoms with E-state index >= 15 is 0 Å². The average Bonchev–Trinajstić information content (AvgIpc) is 2.46. The van der Waals surface area contributed by atoms with E-state index in [0.717, 1.165) is 17.5 Å². The topological polar surface area (TPSA) is 55.5 Å². The minimum absolute atomic E-state index is 0.0621. The zero-order valence-electron chi connectivity index (χ0n) is 11.1. The number of aliphatic hydroxyl groups excluding tert-OH is 1. The second kappa shape index (κ2) is 6.25. The summed E-state index contributed by atoms with van der Waals surface area (Å²) in [7, 11) is 0. The summed E-state index contributed by atoms with van der Waals surface area (Å²) < 4.78 is 5.71. The molecule has 0 bridgehead atoms. The Hall–Kier alpha value is -2.00. The third kappa shape index (κ3) is 3.48. The first-order valence-electron chi connectivity index (χ1n) is 6.42. The van der Waals surface area contributed by atoms with Crippen molar-refractivity contribution in [2.45, 2.75) is 26.6 Å². The van der Waals surface area contributed by atoms with Crippen molar-refractivity contribution in [3.05, 3.63) is 59.2 Å². The van der Waals surface area contributed by atoms with Crippen LogP contribution in [-0.4, -0.2) is 5.11 Å². The van der Waals surface area contributed by atoms with Gasteiger partial charge in [-0.05, 0) is 35.2 Å². The van der Waals surface area contributed by atoms with Gasteiger partial charge in [0.05, 0.1) is 12.3 Å². The molecule has 0 fully saturated rings. The van der Waals surface area contributed by atoms with E-state index in [1.54, 1.807) is 0 Å². The number of aryl methyl sites for hydroxylation is 1. The van der Waals surface area contributed by atoms with Gasteiger partial charge in [-0.15, -0.1) is 0 Å². The van der Waals surface area contributed by atoms with Crippen LogP contribution in [0, 0.1) is 0 Å². The summed E-state index contributed by atoms with van der Waals surface area (Å²) in [5.41, 5.74) is 9.78. The van der Waals surface area contributed by atoms with Crippen LogP contribution in [0.2, 0.25) is 0 Å². The van der Waals surface area contributed by atoms with E-state index in [1.807, 2.05) is 42.5 Å². The third-order valence-corrected chi connectivity index (χ3v) is 3.08. The number of hydrogen-bond acceptors (Lipinski definition) is 3. The number of benzene rings is 2. The van der Waals surface area contributed by atoms with E-state index in [2.05, 4.69) is 6.92 Å². The lowest BCUT2D eigenvalue weighted by Gasteiger charge is -2.10. The van der Waals surface area contributed by atoms with Gasteiger partial charge in [-0.3, -0.25) is 0 Å². The van der Waals surface area contributed by atoms with Gasteiger partial charge in [0, 0.05) is 0 Å². The molecule has 2 aromatic carbocycles. The highest BCUT2D eigenvalue weighted by atomic mass is 16.5. The summed E-state index contributed by atoms with van der Waals surface area (Å²) in [6.45, 7) is 2.63. The van der Waals surface area contributed by atoms with Gasteiger partial charge >= 0.3 is 0 Å². The van der Waals surface area contributed by atoms with E-state index in [9.17, 15) is 0 Å². The lowest BCUT2D eigenvalue weighted by atomic mass is 10.1. The molecule has 0 amide bonds. The Labute approximate surface area is 113 Å². The molecule has 19 heavy (non-hydrogen) atoms. The first kappa shape index (κ1) is 13.4. The molecule has 0 aromatic heterocycles. The van der Waals surface area contributed by atoms with Crippen LogP contribution >= 0.6 is 0 Å². The van der Waals surface area contributed by atoms with Crippen molar-refractivity contribution < 1.29 is 9.84 Å². The van der Waals surface area contributed by atoms with Gasteiger partial charge in [-0.1, -0.05) is 37.3 Å². The molecule has 0 spiro atoms. The van der Waals surface area contributed by atoms with Gasteiger partial charge in [0.2, 0.25) is 0 Å². The molecule has 0 aliphatic heterocycles. The summed E-state index contributed by atoms with van der Waals surface area (Å²) in [5.74, 6) is 0.712. The lowest BCUT2D eigenvalue weighted by molar-refractivity contribution is 0.281. The Kier molecular flexibility index (Phi) is 4.42. The Morgan fingerprint density at radius 3 is 2.21 bits per heavy atom. The summed E-state index contributed by atoms with van der Waals surface area (Å²) in [6.07, 6.45) is 0.965. The van der Waals surface area contributed by atoms with Crippen LogP contribution in [0.25, 0.3) is 0 Å².